The number of hydrogen-bond donors (Lipinski definition) is 0. The van der Waals surface area contributed by atoms with Crippen LogP contribution in [0, 0.1) is 12.7 Å². The van der Waals surface area contributed by atoms with Gasteiger partial charge >= 0.3 is 0 Å². The Kier molecular flexibility index (Phi) is 3.44. The fourth-order valence-electron chi connectivity index (χ4n) is 2.83. The van der Waals surface area contributed by atoms with Gasteiger partial charge in [0.05, 0.1) is 5.69 Å². The third-order valence-corrected chi connectivity index (χ3v) is 4.14. The zero-order valence-corrected chi connectivity index (χ0v) is 12.5. The van der Waals surface area contributed by atoms with Crippen molar-refractivity contribution in [2.75, 3.05) is 0 Å². The van der Waals surface area contributed by atoms with Crippen LogP contribution in [0.5, 0.6) is 0 Å². The van der Waals surface area contributed by atoms with Gasteiger partial charge in [0.15, 0.2) is 0 Å². The van der Waals surface area contributed by atoms with E-state index in [1.165, 1.54) is 30.3 Å². The van der Waals surface area contributed by atoms with Crippen LogP contribution in [0.25, 0.3) is 0 Å². The highest BCUT2D eigenvalue weighted by Gasteiger charge is 2.18. The van der Waals surface area contributed by atoms with Crippen molar-refractivity contribution in [2.45, 2.75) is 39.2 Å². The smallest absolute Gasteiger partial charge is 0.124 e. The monoisotopic (exact) mass is 322 g/mol. The fraction of sp³-hybridized carbons (Fsp3) is 0.400. The number of nitrogens with zero attached hydrogens (tertiary/aromatic N) is 2. The SMILES string of the molecule is Cc1nc2c(n1Cc1cc(F)cc(Br)c1)CCCC2. The van der Waals surface area contributed by atoms with Crippen molar-refractivity contribution in [1.82, 2.24) is 9.55 Å². The average Bonchev–Trinajstić information content (AvgIpc) is 2.65. The van der Waals surface area contributed by atoms with E-state index in [2.05, 4.69) is 25.5 Å². The Bertz CT molecular complexity index is 599. The molecule has 100 valence electrons. The summed E-state index contributed by atoms with van der Waals surface area (Å²) in [6, 6.07) is 5.05. The lowest BCUT2D eigenvalue weighted by molar-refractivity contribution is 0.611. The number of rotatable bonds is 2. The van der Waals surface area contributed by atoms with Crippen LogP contribution >= 0.6 is 15.9 Å². The Morgan fingerprint density at radius 1 is 1.26 bits per heavy atom. The molecule has 1 aromatic carbocycles. The molecule has 0 saturated carbocycles. The van der Waals surface area contributed by atoms with Crippen molar-refractivity contribution in [3.05, 3.63) is 51.3 Å². The largest absolute Gasteiger partial charge is 0.328 e. The molecule has 0 amide bonds. The van der Waals surface area contributed by atoms with Crippen LogP contribution in [0.2, 0.25) is 0 Å². The first-order chi connectivity index (χ1) is 9.13. The molecule has 1 heterocycles. The third-order valence-electron chi connectivity index (χ3n) is 3.69. The summed E-state index contributed by atoms with van der Waals surface area (Å²) in [5.74, 6) is 0.836. The number of benzene rings is 1. The van der Waals surface area contributed by atoms with Crippen molar-refractivity contribution in [1.29, 1.82) is 0 Å². The predicted molar refractivity (Wildman–Crippen MR) is 76.8 cm³/mol. The minimum atomic E-state index is -0.198. The van der Waals surface area contributed by atoms with Gasteiger partial charge in [-0.25, -0.2) is 9.37 Å². The molecule has 0 atom stereocenters. The summed E-state index contributed by atoms with van der Waals surface area (Å²) in [5.41, 5.74) is 3.55. The Morgan fingerprint density at radius 2 is 2.05 bits per heavy atom. The summed E-state index contributed by atoms with van der Waals surface area (Å²) >= 11 is 3.35. The van der Waals surface area contributed by atoms with E-state index >= 15 is 0 Å². The Hall–Kier alpha value is -1.16. The molecule has 0 aliphatic heterocycles. The second-order valence-corrected chi connectivity index (χ2v) is 6.04. The molecule has 0 bridgehead atoms. The number of imidazole rings is 1. The molecule has 0 saturated heterocycles. The number of hydrogen-bond acceptors (Lipinski definition) is 1. The first kappa shape index (κ1) is 12.9. The van der Waals surface area contributed by atoms with E-state index in [9.17, 15) is 4.39 Å². The van der Waals surface area contributed by atoms with Gasteiger partial charge in [0, 0.05) is 16.7 Å². The summed E-state index contributed by atoms with van der Waals surface area (Å²) in [6.45, 7) is 2.73. The van der Waals surface area contributed by atoms with E-state index < -0.39 is 0 Å². The molecular formula is C15H16BrFN2. The summed E-state index contributed by atoms with van der Waals surface area (Å²) in [7, 11) is 0. The van der Waals surface area contributed by atoms with Crippen LogP contribution in [0.15, 0.2) is 22.7 Å². The lowest BCUT2D eigenvalue weighted by Gasteiger charge is -2.15. The summed E-state index contributed by atoms with van der Waals surface area (Å²) in [5, 5.41) is 0. The molecule has 2 nitrogen and oxygen atoms in total. The first-order valence-corrected chi connectivity index (χ1v) is 7.42. The first-order valence-electron chi connectivity index (χ1n) is 6.63. The van der Waals surface area contributed by atoms with Crippen LogP contribution in [-0.4, -0.2) is 9.55 Å². The molecule has 1 aromatic heterocycles. The maximum atomic E-state index is 13.4. The highest BCUT2D eigenvalue weighted by Crippen LogP contribution is 2.24. The summed E-state index contributed by atoms with van der Waals surface area (Å²) in [6.07, 6.45) is 4.63. The topological polar surface area (TPSA) is 17.8 Å². The van der Waals surface area contributed by atoms with Gasteiger partial charge in [-0.15, -0.1) is 0 Å². The zero-order chi connectivity index (χ0) is 13.4. The number of halogens is 2. The summed E-state index contributed by atoms with van der Waals surface area (Å²) in [4.78, 5) is 4.65. The molecule has 1 aliphatic rings. The Morgan fingerprint density at radius 3 is 2.84 bits per heavy atom. The van der Waals surface area contributed by atoms with E-state index in [-0.39, 0.29) is 5.82 Å². The van der Waals surface area contributed by atoms with Crippen LogP contribution < -0.4 is 0 Å². The lowest BCUT2D eigenvalue weighted by atomic mass is 10.0. The third kappa shape index (κ3) is 2.59. The average molecular weight is 323 g/mol. The normalized spacial score (nSPS) is 14.5. The van der Waals surface area contributed by atoms with Crippen molar-refractivity contribution < 1.29 is 4.39 Å². The number of fused-ring (bicyclic) bond motifs is 1. The fourth-order valence-corrected chi connectivity index (χ4v) is 3.34. The molecule has 1 aliphatic carbocycles. The molecule has 0 spiro atoms. The molecule has 0 N–H and O–H groups in total. The van der Waals surface area contributed by atoms with Gasteiger partial charge in [-0.3, -0.25) is 0 Å². The predicted octanol–water partition coefficient (Wildman–Crippen LogP) is 4.02. The highest BCUT2D eigenvalue weighted by atomic mass is 79.9. The molecule has 2 aromatic rings. The zero-order valence-electron chi connectivity index (χ0n) is 10.9. The van der Waals surface area contributed by atoms with Gasteiger partial charge in [-0.05, 0) is 56.4 Å². The van der Waals surface area contributed by atoms with Crippen molar-refractivity contribution >= 4 is 15.9 Å². The second-order valence-electron chi connectivity index (χ2n) is 5.12. The Balaban J connectivity index is 1.96. The molecular weight excluding hydrogens is 307 g/mol. The summed E-state index contributed by atoms with van der Waals surface area (Å²) < 4.78 is 16.5. The van der Waals surface area contributed by atoms with Gasteiger partial charge in [-0.2, -0.15) is 0 Å². The highest BCUT2D eigenvalue weighted by molar-refractivity contribution is 9.10. The van der Waals surface area contributed by atoms with E-state index in [4.69, 9.17) is 0 Å². The van der Waals surface area contributed by atoms with E-state index in [0.717, 1.165) is 28.7 Å². The molecule has 0 unspecified atom stereocenters. The maximum Gasteiger partial charge on any atom is 0.124 e. The van der Waals surface area contributed by atoms with Gasteiger partial charge in [0.25, 0.3) is 0 Å². The van der Waals surface area contributed by atoms with Gasteiger partial charge < -0.3 is 4.57 Å². The van der Waals surface area contributed by atoms with Gasteiger partial charge in [0.2, 0.25) is 0 Å². The van der Waals surface area contributed by atoms with Crippen LogP contribution in [0.4, 0.5) is 4.39 Å². The van der Waals surface area contributed by atoms with Crippen molar-refractivity contribution in [2.24, 2.45) is 0 Å². The molecule has 4 heteroatoms. The lowest BCUT2D eigenvalue weighted by Crippen LogP contribution is -2.10. The van der Waals surface area contributed by atoms with E-state index in [1.54, 1.807) is 6.07 Å². The van der Waals surface area contributed by atoms with Gasteiger partial charge in [0.1, 0.15) is 11.6 Å². The van der Waals surface area contributed by atoms with E-state index in [0.29, 0.717) is 6.54 Å². The number of aryl methyl sites for hydroxylation is 2. The molecule has 3 rings (SSSR count). The van der Waals surface area contributed by atoms with Gasteiger partial charge in [-0.1, -0.05) is 15.9 Å². The molecule has 0 fully saturated rings. The van der Waals surface area contributed by atoms with Crippen LogP contribution in [0.3, 0.4) is 0 Å². The molecule has 0 radical (unpaired) electrons. The second kappa shape index (κ2) is 5.08. The van der Waals surface area contributed by atoms with Crippen LogP contribution in [-0.2, 0) is 19.4 Å². The maximum absolute atomic E-state index is 13.4. The Labute approximate surface area is 120 Å². The number of aromatic nitrogens is 2. The minimum absolute atomic E-state index is 0.198. The van der Waals surface area contributed by atoms with E-state index in [1.807, 2.05) is 13.0 Å². The molecule has 19 heavy (non-hydrogen) atoms. The van der Waals surface area contributed by atoms with Crippen molar-refractivity contribution in [3.63, 3.8) is 0 Å². The quantitative estimate of drug-likeness (QED) is 0.816. The van der Waals surface area contributed by atoms with Crippen molar-refractivity contribution in [3.8, 4) is 0 Å². The minimum Gasteiger partial charge on any atom is -0.328 e. The van der Waals surface area contributed by atoms with Crippen LogP contribution in [0.1, 0.15) is 35.6 Å². The standard InChI is InChI=1S/C15H16BrFN2/c1-10-18-14-4-2-3-5-15(14)19(10)9-11-6-12(16)8-13(17)7-11/h6-8H,2-5,9H2,1H3.